The highest BCUT2D eigenvalue weighted by molar-refractivity contribution is 7.10. The van der Waals surface area contributed by atoms with Crippen LogP contribution >= 0.6 is 22.9 Å². The van der Waals surface area contributed by atoms with Crippen molar-refractivity contribution in [3.63, 3.8) is 0 Å². The molecule has 0 bridgehead atoms. The second-order valence-electron chi connectivity index (χ2n) is 10.6. The van der Waals surface area contributed by atoms with E-state index >= 15 is 4.39 Å². The lowest BCUT2D eigenvalue weighted by Gasteiger charge is -2.32. The summed E-state index contributed by atoms with van der Waals surface area (Å²) in [6.07, 6.45) is 2.90. The van der Waals surface area contributed by atoms with Crippen molar-refractivity contribution in [1.82, 2.24) is 19.7 Å². The van der Waals surface area contributed by atoms with Crippen LogP contribution in [0.5, 0.6) is 0 Å². The zero-order chi connectivity index (χ0) is 33.0. The Labute approximate surface area is 295 Å². The topological polar surface area (TPSA) is 121 Å². The number of anilines is 1. The van der Waals surface area contributed by atoms with Crippen molar-refractivity contribution >= 4 is 34.8 Å². The Morgan fingerprint density at radius 1 is 1.23 bits per heavy atom. The third-order valence-electron chi connectivity index (χ3n) is 7.61. The molecule has 0 aliphatic rings. The minimum absolute atomic E-state index is 0. The van der Waals surface area contributed by atoms with Crippen LogP contribution in [0.3, 0.4) is 0 Å². The van der Waals surface area contributed by atoms with Crippen LogP contribution in [0.1, 0.15) is 47.7 Å². The first-order valence-electron chi connectivity index (χ1n) is 14.0. The smallest absolute Gasteiger partial charge is 0.418 e. The van der Waals surface area contributed by atoms with E-state index in [9.17, 15) is 14.3 Å². The Hall–Kier alpha value is -4.04. The highest BCUT2D eigenvalue weighted by Crippen LogP contribution is 2.41. The standard InChI is InChI=1S/C32H29ClF2N7O3S.HI/c1-20(30-39-28(16-46-30)23-8-6-22(15-36)7-9-23)32(44,26-13-25(34)10-11-27(26)35)17-42-19-41(18-38-42)21(2)45-31(43)40(3)29-24(14-33)5-4-12-37-29;/h4-13,16,18-21,44H,14,17H2,1-3H3;1H/q+1;/p-1/t20-,21?,32+;/m0./s1. The molecule has 0 fully saturated rings. The Bertz CT molecular complexity index is 1900. The van der Waals surface area contributed by atoms with Crippen LogP contribution in [0.15, 0.2) is 78.8 Å². The summed E-state index contributed by atoms with van der Waals surface area (Å²) in [5.74, 6) is -1.82. The van der Waals surface area contributed by atoms with E-state index in [0.29, 0.717) is 27.6 Å². The first-order chi connectivity index (χ1) is 22.0. The highest BCUT2D eigenvalue weighted by Gasteiger charge is 2.43. The van der Waals surface area contributed by atoms with Gasteiger partial charge in [-0.25, -0.2) is 23.5 Å². The molecule has 15 heteroatoms. The van der Waals surface area contributed by atoms with E-state index in [1.807, 2.05) is 0 Å². The molecule has 0 aliphatic carbocycles. The number of hydrogen-bond donors (Lipinski definition) is 1. The molecule has 1 amide bonds. The van der Waals surface area contributed by atoms with Crippen molar-refractivity contribution in [2.24, 2.45) is 0 Å². The Morgan fingerprint density at radius 2 is 1.98 bits per heavy atom. The molecule has 1 unspecified atom stereocenters. The lowest BCUT2D eigenvalue weighted by atomic mass is 9.82. The van der Waals surface area contributed by atoms with E-state index in [0.717, 1.165) is 23.8 Å². The van der Waals surface area contributed by atoms with Crippen molar-refractivity contribution in [2.75, 3.05) is 11.9 Å². The normalized spacial score (nSPS) is 13.5. The van der Waals surface area contributed by atoms with Crippen LogP contribution in [-0.2, 0) is 22.8 Å². The van der Waals surface area contributed by atoms with Gasteiger partial charge in [0.1, 0.15) is 29.6 Å². The molecule has 10 nitrogen and oxygen atoms in total. The van der Waals surface area contributed by atoms with Gasteiger partial charge < -0.3 is 33.8 Å². The lowest BCUT2D eigenvalue weighted by molar-refractivity contribution is -0.753. The number of aromatic nitrogens is 5. The molecule has 0 aliphatic heterocycles. The van der Waals surface area contributed by atoms with Gasteiger partial charge in [0.2, 0.25) is 12.6 Å². The van der Waals surface area contributed by atoms with E-state index < -0.39 is 35.5 Å². The van der Waals surface area contributed by atoms with Gasteiger partial charge in [0.15, 0.2) is 0 Å². The molecule has 0 radical (unpaired) electrons. The number of aliphatic hydroxyl groups is 1. The number of nitrogens with zero attached hydrogens (tertiary/aromatic N) is 7. The Balaban J connectivity index is 0.00000500. The van der Waals surface area contributed by atoms with Crippen LogP contribution in [0.2, 0.25) is 0 Å². The molecule has 5 aromatic rings. The quantitative estimate of drug-likeness (QED) is 0.131. The number of thiazole rings is 1. The molecular weight excluding hydrogens is 763 g/mol. The molecule has 1 N–H and O–H groups in total. The molecule has 0 saturated heterocycles. The average molecular weight is 792 g/mol. The fourth-order valence-electron chi connectivity index (χ4n) is 4.89. The predicted octanol–water partition coefficient (Wildman–Crippen LogP) is 3.06. The van der Waals surface area contributed by atoms with Crippen LogP contribution in [0, 0.1) is 23.0 Å². The van der Waals surface area contributed by atoms with Crippen molar-refractivity contribution in [2.45, 2.75) is 44.0 Å². The fourth-order valence-corrected chi connectivity index (χ4v) is 6.07. The minimum Gasteiger partial charge on any atom is -1.00 e. The van der Waals surface area contributed by atoms with E-state index in [-0.39, 0.29) is 42.0 Å². The van der Waals surface area contributed by atoms with E-state index in [1.54, 1.807) is 61.8 Å². The number of carbonyl (C=O) groups excluding carboxylic acids is 1. The second-order valence-corrected chi connectivity index (χ2v) is 11.7. The van der Waals surface area contributed by atoms with Crippen LogP contribution in [0.4, 0.5) is 19.4 Å². The first kappa shape index (κ1) is 35.8. The van der Waals surface area contributed by atoms with Gasteiger partial charge in [-0.2, -0.15) is 9.83 Å². The van der Waals surface area contributed by atoms with Crippen LogP contribution < -0.4 is 33.4 Å². The second kappa shape index (κ2) is 15.2. The maximum Gasteiger partial charge on any atom is 0.418 e. The number of ether oxygens (including phenoxy) is 1. The maximum absolute atomic E-state index is 15.3. The molecule has 3 atom stereocenters. The molecular formula is C32H29ClF2IN7O3S. The average Bonchev–Trinajstić information content (AvgIpc) is 3.75. The van der Waals surface area contributed by atoms with Crippen LogP contribution in [0.25, 0.3) is 11.3 Å². The summed E-state index contributed by atoms with van der Waals surface area (Å²) in [5.41, 5.74) is 0.262. The number of hydrogen-bond acceptors (Lipinski definition) is 8. The summed E-state index contributed by atoms with van der Waals surface area (Å²) in [7, 11) is 1.52. The maximum atomic E-state index is 15.3. The largest absolute Gasteiger partial charge is 1.00 e. The summed E-state index contributed by atoms with van der Waals surface area (Å²) in [5, 5.41) is 27.9. The SMILES string of the molecule is CC(OC(=O)N(C)c1ncccc1CCl)[n+]1cnn(C[C@](O)(c2cc(F)ccc2F)[C@@H](C)c2nc(-c3ccc(C#N)cc3)cs2)c1.[I-]. The fraction of sp³-hybridized carbons (Fsp3) is 0.250. The summed E-state index contributed by atoms with van der Waals surface area (Å²) in [6, 6.07) is 15.3. The molecule has 244 valence electrons. The van der Waals surface area contributed by atoms with Gasteiger partial charge in [0.25, 0.3) is 6.33 Å². The van der Waals surface area contributed by atoms with E-state index in [1.165, 1.54) is 45.2 Å². The van der Waals surface area contributed by atoms with Crippen molar-refractivity contribution in [3.05, 3.63) is 112 Å². The molecule has 0 spiro atoms. The van der Waals surface area contributed by atoms with Crippen LogP contribution in [-0.4, -0.2) is 38.0 Å². The summed E-state index contributed by atoms with van der Waals surface area (Å²) in [4.78, 5) is 23.1. The molecule has 5 rings (SSSR count). The Kier molecular flexibility index (Phi) is 11.6. The van der Waals surface area contributed by atoms with Gasteiger partial charge in [0, 0.05) is 53.3 Å². The third-order valence-corrected chi connectivity index (χ3v) is 8.93. The van der Waals surface area contributed by atoms with Gasteiger partial charge >= 0.3 is 6.09 Å². The zero-order valence-electron chi connectivity index (χ0n) is 25.4. The lowest BCUT2D eigenvalue weighted by Crippen LogP contribution is -3.00. The van der Waals surface area contributed by atoms with Crippen molar-refractivity contribution < 1.29 is 52.0 Å². The number of benzene rings is 2. The molecule has 3 aromatic heterocycles. The molecule has 3 heterocycles. The zero-order valence-corrected chi connectivity index (χ0v) is 29.1. The van der Waals surface area contributed by atoms with Crippen molar-refractivity contribution in [1.29, 1.82) is 5.26 Å². The van der Waals surface area contributed by atoms with Gasteiger partial charge in [-0.15, -0.1) is 27.6 Å². The van der Waals surface area contributed by atoms with Crippen molar-refractivity contribution in [3.8, 4) is 17.3 Å². The predicted molar refractivity (Wildman–Crippen MR) is 167 cm³/mol. The summed E-state index contributed by atoms with van der Waals surface area (Å²) in [6.45, 7) is 3.01. The number of halogens is 4. The Morgan fingerprint density at radius 3 is 2.68 bits per heavy atom. The van der Waals surface area contributed by atoms with E-state index in [2.05, 4.69) is 16.2 Å². The minimum atomic E-state index is -2.01. The summed E-state index contributed by atoms with van der Waals surface area (Å²) < 4.78 is 38.1. The van der Waals surface area contributed by atoms with Gasteiger partial charge in [-0.1, -0.05) is 25.1 Å². The van der Waals surface area contributed by atoms with Gasteiger partial charge in [-0.3, -0.25) is 4.90 Å². The highest BCUT2D eigenvalue weighted by atomic mass is 127. The third kappa shape index (κ3) is 7.75. The number of rotatable bonds is 10. The molecule has 47 heavy (non-hydrogen) atoms. The number of amides is 1. The number of nitriles is 1. The molecule has 2 aromatic carbocycles. The van der Waals surface area contributed by atoms with Gasteiger partial charge in [0.05, 0.1) is 28.2 Å². The number of carbonyl (C=O) groups is 1. The van der Waals surface area contributed by atoms with Gasteiger partial charge in [-0.05, 0) is 36.4 Å². The monoisotopic (exact) mass is 791 g/mol. The van der Waals surface area contributed by atoms with E-state index in [4.69, 9.17) is 26.6 Å². The first-order valence-corrected chi connectivity index (χ1v) is 15.5. The molecule has 0 saturated carbocycles. The number of pyridine rings is 1. The summed E-state index contributed by atoms with van der Waals surface area (Å²) >= 11 is 7.25. The number of alkyl halides is 1.